The summed E-state index contributed by atoms with van der Waals surface area (Å²) in [4.78, 5) is 49.2. The van der Waals surface area contributed by atoms with Crippen LogP contribution in [0.25, 0.3) is 0 Å². The number of hydrogen-bond acceptors (Lipinski definition) is 8. The lowest BCUT2D eigenvalue weighted by atomic mass is 9.52. The molecule has 9 heteroatoms. The van der Waals surface area contributed by atoms with E-state index in [1.54, 1.807) is 6.07 Å². The summed E-state index contributed by atoms with van der Waals surface area (Å²) in [5, 5.41) is 0.147. The van der Waals surface area contributed by atoms with Crippen LogP contribution >= 0.6 is 11.8 Å². The first-order valence-corrected chi connectivity index (χ1v) is 14.0. The zero-order valence-corrected chi connectivity index (χ0v) is 22.2. The van der Waals surface area contributed by atoms with E-state index in [0.29, 0.717) is 28.9 Å². The van der Waals surface area contributed by atoms with Crippen LogP contribution in [-0.2, 0) is 35.8 Å². The van der Waals surface area contributed by atoms with E-state index >= 15 is 0 Å². The summed E-state index contributed by atoms with van der Waals surface area (Å²) in [6.07, 6.45) is 5.71. The van der Waals surface area contributed by atoms with E-state index in [4.69, 9.17) is 14.2 Å². The number of ketones is 1. The van der Waals surface area contributed by atoms with Crippen LogP contribution in [-0.4, -0.2) is 71.5 Å². The molecule has 0 aromatic heterocycles. The number of carbonyl (C=O) groups is 4. The highest BCUT2D eigenvalue weighted by Gasteiger charge is 2.68. The van der Waals surface area contributed by atoms with Crippen molar-refractivity contribution in [1.82, 2.24) is 0 Å². The lowest BCUT2D eigenvalue weighted by molar-refractivity contribution is -0.936. The Bertz CT molecular complexity index is 1240. The summed E-state index contributed by atoms with van der Waals surface area (Å²) < 4.78 is 18.4. The Morgan fingerprint density at radius 2 is 2.00 bits per heavy atom. The number of benzene rings is 1. The fourth-order valence-corrected chi connectivity index (χ4v) is 8.70. The number of quaternary nitrogens is 1. The maximum absolute atomic E-state index is 13.3. The molecule has 0 saturated carbocycles. The molecule has 3 heterocycles. The van der Waals surface area contributed by atoms with Gasteiger partial charge in [-0.1, -0.05) is 23.9 Å². The minimum atomic E-state index is -0.553. The first kappa shape index (κ1) is 24.7. The third kappa shape index (κ3) is 3.76. The summed E-state index contributed by atoms with van der Waals surface area (Å²) in [7, 11) is 2.16. The van der Waals surface area contributed by atoms with Crippen LogP contribution < -0.4 is 9.47 Å². The second kappa shape index (κ2) is 8.70. The standard InChI is InChI=1S/C28H32NO7S/c1-15(30)34-22-6-4-17-13-21-20-5-7-23(35-16(2)31)26-28(20,24(17)25(22)36-26)9-10-29(21,3)14-19(32)12-18-8-11-37-27(18)33/h4-7,18,20-21,23,26H,8-14H2,1-3H3/q+1/t18?,20?,21-,23+,26+,28+,29?/m1/s1. The molecule has 3 unspecified atom stereocenters. The molecule has 2 aliphatic carbocycles. The van der Waals surface area contributed by atoms with E-state index in [2.05, 4.69) is 13.1 Å². The number of thioether (sulfide) groups is 1. The topological polar surface area (TPSA) is 96.0 Å². The lowest BCUT2D eigenvalue weighted by Gasteiger charge is -2.59. The number of piperidine rings is 1. The molecule has 2 saturated heterocycles. The van der Waals surface area contributed by atoms with Gasteiger partial charge in [0.25, 0.3) is 0 Å². The highest BCUT2D eigenvalue weighted by Crippen LogP contribution is 2.63. The normalized spacial score (nSPS) is 36.5. The fraction of sp³-hybridized carbons (Fsp3) is 0.571. The second-order valence-electron chi connectivity index (χ2n) is 11.4. The van der Waals surface area contributed by atoms with Crippen LogP contribution in [0.3, 0.4) is 0 Å². The summed E-state index contributed by atoms with van der Waals surface area (Å²) >= 11 is 1.34. The highest BCUT2D eigenvalue weighted by molar-refractivity contribution is 8.14. The molecule has 3 aliphatic heterocycles. The number of nitrogens with zero attached hydrogens (tertiary/aromatic N) is 1. The van der Waals surface area contributed by atoms with Gasteiger partial charge in [-0.05, 0) is 24.1 Å². The number of carbonyl (C=O) groups excluding carboxylic acids is 4. The van der Waals surface area contributed by atoms with Gasteiger partial charge in [0.15, 0.2) is 34.6 Å². The third-order valence-corrected chi connectivity index (χ3v) is 10.2. The molecular weight excluding hydrogens is 494 g/mol. The van der Waals surface area contributed by atoms with E-state index in [9.17, 15) is 19.2 Å². The van der Waals surface area contributed by atoms with Crippen molar-refractivity contribution >= 4 is 34.6 Å². The molecule has 1 aromatic rings. The van der Waals surface area contributed by atoms with Gasteiger partial charge in [0.2, 0.25) is 0 Å². The smallest absolute Gasteiger partial charge is 0.308 e. The van der Waals surface area contributed by atoms with Crippen LogP contribution in [0.1, 0.15) is 44.2 Å². The minimum Gasteiger partial charge on any atom is -0.481 e. The molecule has 0 amide bonds. The van der Waals surface area contributed by atoms with Crippen molar-refractivity contribution in [3.8, 4) is 11.5 Å². The van der Waals surface area contributed by atoms with Crippen LogP contribution in [0.4, 0.5) is 0 Å². The van der Waals surface area contributed by atoms with Gasteiger partial charge in [-0.2, -0.15) is 0 Å². The predicted octanol–water partition coefficient (Wildman–Crippen LogP) is 2.74. The molecule has 8 nitrogen and oxygen atoms in total. The van der Waals surface area contributed by atoms with E-state index in [0.717, 1.165) is 42.7 Å². The Labute approximate surface area is 220 Å². The average molecular weight is 527 g/mol. The Kier molecular flexibility index (Phi) is 5.80. The Morgan fingerprint density at radius 3 is 2.70 bits per heavy atom. The largest absolute Gasteiger partial charge is 0.481 e. The zero-order valence-electron chi connectivity index (χ0n) is 21.4. The molecule has 2 bridgehead atoms. The summed E-state index contributed by atoms with van der Waals surface area (Å²) in [6.45, 7) is 3.92. The maximum atomic E-state index is 13.3. The van der Waals surface area contributed by atoms with E-state index in [1.807, 2.05) is 12.1 Å². The zero-order chi connectivity index (χ0) is 26.1. The van der Waals surface area contributed by atoms with Crippen molar-refractivity contribution < 1.29 is 37.9 Å². The number of likely N-dealkylation sites (tertiary alicyclic amines) is 1. The molecule has 196 valence electrons. The van der Waals surface area contributed by atoms with E-state index in [-0.39, 0.29) is 34.7 Å². The maximum Gasteiger partial charge on any atom is 0.308 e. The van der Waals surface area contributed by atoms with Crippen LogP contribution in [0.5, 0.6) is 11.5 Å². The Hall–Kier alpha value is -2.65. The number of esters is 2. The molecule has 7 atom stereocenters. The highest BCUT2D eigenvalue weighted by atomic mass is 32.2. The molecule has 0 N–H and O–H groups in total. The van der Waals surface area contributed by atoms with Crippen LogP contribution in [0.2, 0.25) is 0 Å². The number of likely N-dealkylation sites (N-methyl/N-ethyl adjacent to an activating group) is 1. The van der Waals surface area contributed by atoms with Gasteiger partial charge in [-0.3, -0.25) is 19.2 Å². The van der Waals surface area contributed by atoms with Crippen molar-refractivity contribution in [3.05, 3.63) is 35.4 Å². The fourth-order valence-electron chi connectivity index (χ4n) is 7.66. The Balaban J connectivity index is 1.39. The first-order chi connectivity index (χ1) is 17.6. The van der Waals surface area contributed by atoms with Crippen LogP contribution in [0, 0.1) is 11.8 Å². The molecule has 5 aliphatic rings. The molecule has 1 spiro atoms. The van der Waals surface area contributed by atoms with Crippen molar-refractivity contribution in [2.24, 2.45) is 11.8 Å². The van der Waals surface area contributed by atoms with Gasteiger partial charge in [0.05, 0.1) is 19.0 Å². The van der Waals surface area contributed by atoms with Crippen molar-refractivity contribution in [1.29, 1.82) is 0 Å². The molecule has 37 heavy (non-hydrogen) atoms. The number of rotatable bonds is 6. The molecule has 2 fully saturated rings. The summed E-state index contributed by atoms with van der Waals surface area (Å²) in [6, 6.07) is 3.93. The number of ether oxygens (including phenoxy) is 3. The van der Waals surface area contributed by atoms with Crippen molar-refractivity contribution in [2.75, 3.05) is 25.9 Å². The molecule has 6 rings (SSSR count). The van der Waals surface area contributed by atoms with Crippen molar-refractivity contribution in [3.63, 3.8) is 0 Å². The molecular formula is C28H32NO7S+. The Morgan fingerprint density at radius 1 is 1.19 bits per heavy atom. The summed E-state index contributed by atoms with van der Waals surface area (Å²) in [5.74, 6) is 1.05. The quantitative estimate of drug-likeness (QED) is 0.242. The number of hydrogen-bond donors (Lipinski definition) is 0. The first-order valence-electron chi connectivity index (χ1n) is 13.0. The SMILES string of the molecule is CC(=O)Oc1ccc2c3c1O[C@H]1[C@@H](OC(C)=O)C=CC4[C@@H](C2)[N+](C)(CC(=O)CC2CCSC2=O)CC[C@@]341. The van der Waals surface area contributed by atoms with Gasteiger partial charge in [0, 0.05) is 56.3 Å². The van der Waals surface area contributed by atoms with Gasteiger partial charge >= 0.3 is 11.9 Å². The minimum absolute atomic E-state index is 0.0702. The predicted molar refractivity (Wildman–Crippen MR) is 135 cm³/mol. The van der Waals surface area contributed by atoms with Gasteiger partial charge < -0.3 is 18.7 Å². The molecule has 1 aromatic carbocycles. The van der Waals surface area contributed by atoms with Crippen LogP contribution in [0.15, 0.2) is 24.3 Å². The van der Waals surface area contributed by atoms with Crippen molar-refractivity contribution in [2.45, 2.75) is 63.2 Å². The average Bonchev–Trinajstić information content (AvgIpc) is 3.39. The third-order valence-electron chi connectivity index (χ3n) is 9.12. The van der Waals surface area contributed by atoms with Gasteiger partial charge in [-0.25, -0.2) is 0 Å². The monoisotopic (exact) mass is 526 g/mol. The van der Waals surface area contributed by atoms with Gasteiger partial charge in [0.1, 0.15) is 12.6 Å². The van der Waals surface area contributed by atoms with E-state index < -0.39 is 23.6 Å². The second-order valence-corrected chi connectivity index (χ2v) is 12.5. The number of Topliss-reactive ketones (excluding diaryl/α,β-unsaturated/α-hetero) is 1. The summed E-state index contributed by atoms with van der Waals surface area (Å²) in [5.41, 5.74) is 1.76. The lowest BCUT2D eigenvalue weighted by Crippen LogP contribution is -2.72. The molecule has 0 radical (unpaired) electrons. The van der Waals surface area contributed by atoms with E-state index in [1.165, 1.54) is 25.6 Å². The van der Waals surface area contributed by atoms with Gasteiger partial charge in [-0.15, -0.1) is 0 Å².